The third-order valence-electron chi connectivity index (χ3n) is 3.62. The number of hydrogen-bond donors (Lipinski definition) is 1. The summed E-state index contributed by atoms with van der Waals surface area (Å²) in [5.74, 6) is -1.23. The number of nitrogens with zero attached hydrogens (tertiary/aromatic N) is 1. The number of hydrogen-bond acceptors (Lipinski definition) is 2. The molecule has 1 N–H and O–H groups in total. The average Bonchev–Trinajstić information content (AvgIpc) is 2.49. The molecule has 1 amide bonds. The summed E-state index contributed by atoms with van der Waals surface area (Å²) >= 11 is 0. The SMILES string of the molecule is CN(C(=O)CCCCCCCCC(=O)O)c1ccccc1F. The van der Waals surface area contributed by atoms with Crippen LogP contribution in [-0.2, 0) is 9.59 Å². The molecule has 5 heteroatoms. The Hall–Kier alpha value is -1.91. The van der Waals surface area contributed by atoms with Gasteiger partial charge in [-0.1, -0.05) is 37.8 Å². The minimum absolute atomic E-state index is 0.0871. The molecule has 1 aromatic rings. The van der Waals surface area contributed by atoms with E-state index in [1.54, 1.807) is 25.2 Å². The monoisotopic (exact) mass is 309 g/mol. The summed E-state index contributed by atoms with van der Waals surface area (Å²) in [6.45, 7) is 0. The van der Waals surface area contributed by atoms with E-state index in [1.807, 2.05) is 0 Å². The molecule has 4 nitrogen and oxygen atoms in total. The molecule has 0 atom stereocenters. The van der Waals surface area contributed by atoms with Gasteiger partial charge in [-0.25, -0.2) is 4.39 Å². The van der Waals surface area contributed by atoms with Crippen molar-refractivity contribution in [2.45, 2.75) is 51.4 Å². The summed E-state index contributed by atoms with van der Waals surface area (Å²) < 4.78 is 13.6. The molecule has 0 unspecified atom stereocenters. The predicted octanol–water partition coefficient (Wildman–Crippen LogP) is 3.99. The van der Waals surface area contributed by atoms with Crippen molar-refractivity contribution in [3.8, 4) is 0 Å². The molecule has 22 heavy (non-hydrogen) atoms. The topological polar surface area (TPSA) is 57.6 Å². The number of carboxylic acid groups (broad SMARTS) is 1. The lowest BCUT2D eigenvalue weighted by molar-refractivity contribution is -0.137. The summed E-state index contributed by atoms with van der Waals surface area (Å²) in [4.78, 5) is 23.7. The van der Waals surface area contributed by atoms with Crippen LogP contribution in [0.2, 0.25) is 0 Å². The van der Waals surface area contributed by atoms with Gasteiger partial charge in [-0.3, -0.25) is 9.59 Å². The Morgan fingerprint density at radius 1 is 1.00 bits per heavy atom. The molecule has 0 spiro atoms. The van der Waals surface area contributed by atoms with E-state index in [4.69, 9.17) is 5.11 Å². The molecular formula is C17H24FNO3. The Labute approximate surface area is 130 Å². The average molecular weight is 309 g/mol. The van der Waals surface area contributed by atoms with Gasteiger partial charge in [0.15, 0.2) is 0 Å². The number of para-hydroxylation sites is 1. The summed E-state index contributed by atoms with van der Waals surface area (Å²) in [6.07, 6.45) is 5.95. The third kappa shape index (κ3) is 6.70. The number of rotatable bonds is 10. The third-order valence-corrected chi connectivity index (χ3v) is 3.62. The highest BCUT2D eigenvalue weighted by molar-refractivity contribution is 5.92. The van der Waals surface area contributed by atoms with Gasteiger partial charge < -0.3 is 10.0 Å². The number of halogens is 1. The van der Waals surface area contributed by atoms with Crippen LogP contribution in [0.5, 0.6) is 0 Å². The zero-order valence-corrected chi connectivity index (χ0v) is 13.1. The van der Waals surface area contributed by atoms with Gasteiger partial charge in [0.1, 0.15) is 5.82 Å². The summed E-state index contributed by atoms with van der Waals surface area (Å²) in [6, 6.07) is 6.24. The highest BCUT2D eigenvalue weighted by Crippen LogP contribution is 2.18. The smallest absolute Gasteiger partial charge is 0.303 e. The van der Waals surface area contributed by atoms with Crippen LogP contribution in [0.15, 0.2) is 24.3 Å². The van der Waals surface area contributed by atoms with E-state index in [0.717, 1.165) is 32.1 Å². The Bertz CT molecular complexity index is 491. The second-order valence-corrected chi connectivity index (χ2v) is 5.42. The predicted molar refractivity (Wildman–Crippen MR) is 84.4 cm³/mol. The van der Waals surface area contributed by atoms with Crippen LogP contribution >= 0.6 is 0 Å². The number of carbonyl (C=O) groups excluding carboxylic acids is 1. The fourth-order valence-corrected chi connectivity index (χ4v) is 2.29. The summed E-state index contributed by atoms with van der Waals surface area (Å²) in [7, 11) is 1.59. The standard InChI is InChI=1S/C17H24FNO3/c1-19(15-11-9-8-10-14(15)18)16(20)12-6-4-2-3-5-7-13-17(21)22/h8-11H,2-7,12-13H2,1H3,(H,21,22). The van der Waals surface area contributed by atoms with Crippen LogP contribution in [0, 0.1) is 5.82 Å². The molecule has 1 rings (SSSR count). The number of anilines is 1. The molecule has 0 aliphatic rings. The van der Waals surface area contributed by atoms with E-state index < -0.39 is 11.8 Å². The normalized spacial score (nSPS) is 10.5. The molecule has 0 heterocycles. The Kier molecular flexibility index (Phi) is 8.18. The van der Waals surface area contributed by atoms with Gasteiger partial charge in [0.25, 0.3) is 0 Å². The van der Waals surface area contributed by atoms with Gasteiger partial charge >= 0.3 is 5.97 Å². The van der Waals surface area contributed by atoms with Crippen molar-refractivity contribution in [1.29, 1.82) is 0 Å². The van der Waals surface area contributed by atoms with E-state index in [9.17, 15) is 14.0 Å². The van der Waals surface area contributed by atoms with Crippen molar-refractivity contribution >= 4 is 17.6 Å². The van der Waals surface area contributed by atoms with Crippen LogP contribution in [0.4, 0.5) is 10.1 Å². The van der Waals surface area contributed by atoms with Gasteiger partial charge in [-0.05, 0) is 25.0 Å². The van der Waals surface area contributed by atoms with Crippen molar-refractivity contribution < 1.29 is 19.1 Å². The molecule has 0 aliphatic carbocycles. The van der Waals surface area contributed by atoms with E-state index in [-0.39, 0.29) is 12.3 Å². The zero-order chi connectivity index (χ0) is 16.4. The first-order chi connectivity index (χ1) is 10.5. The highest BCUT2D eigenvalue weighted by atomic mass is 19.1. The van der Waals surface area contributed by atoms with Crippen LogP contribution in [0.3, 0.4) is 0 Å². The lowest BCUT2D eigenvalue weighted by Gasteiger charge is -2.17. The minimum Gasteiger partial charge on any atom is -0.481 e. The Morgan fingerprint density at radius 3 is 2.14 bits per heavy atom. The molecular weight excluding hydrogens is 285 g/mol. The van der Waals surface area contributed by atoms with Crippen molar-refractivity contribution in [1.82, 2.24) is 0 Å². The van der Waals surface area contributed by atoms with E-state index in [2.05, 4.69) is 0 Å². The first kappa shape index (κ1) is 18.1. The first-order valence-electron chi connectivity index (χ1n) is 7.75. The van der Waals surface area contributed by atoms with E-state index >= 15 is 0 Å². The van der Waals surface area contributed by atoms with Gasteiger partial charge in [-0.15, -0.1) is 0 Å². The molecule has 0 aliphatic heterocycles. The number of aliphatic carboxylic acids is 1. The summed E-state index contributed by atoms with van der Waals surface area (Å²) in [5.41, 5.74) is 0.307. The van der Waals surface area contributed by atoms with Gasteiger partial charge in [0.2, 0.25) is 5.91 Å². The molecule has 0 aromatic heterocycles. The molecule has 0 saturated carbocycles. The van der Waals surface area contributed by atoms with Crippen molar-refractivity contribution in [2.24, 2.45) is 0 Å². The fourth-order valence-electron chi connectivity index (χ4n) is 2.29. The van der Waals surface area contributed by atoms with Gasteiger partial charge in [-0.2, -0.15) is 0 Å². The highest BCUT2D eigenvalue weighted by Gasteiger charge is 2.13. The van der Waals surface area contributed by atoms with Crippen LogP contribution in [0.1, 0.15) is 51.4 Å². The first-order valence-corrected chi connectivity index (χ1v) is 7.75. The van der Waals surface area contributed by atoms with E-state index in [0.29, 0.717) is 18.5 Å². The van der Waals surface area contributed by atoms with Crippen LogP contribution in [-0.4, -0.2) is 24.0 Å². The minimum atomic E-state index is -0.748. The molecule has 122 valence electrons. The maximum Gasteiger partial charge on any atom is 0.303 e. The second-order valence-electron chi connectivity index (χ2n) is 5.42. The second kappa shape index (κ2) is 9.92. The number of unbranched alkanes of at least 4 members (excludes halogenated alkanes) is 5. The largest absolute Gasteiger partial charge is 0.481 e. The van der Waals surface area contributed by atoms with Gasteiger partial charge in [0, 0.05) is 19.9 Å². The molecule has 0 saturated heterocycles. The maximum atomic E-state index is 13.6. The number of amides is 1. The van der Waals surface area contributed by atoms with Crippen molar-refractivity contribution in [3.63, 3.8) is 0 Å². The van der Waals surface area contributed by atoms with Crippen molar-refractivity contribution in [3.05, 3.63) is 30.1 Å². The fraction of sp³-hybridized carbons (Fsp3) is 0.529. The molecule has 1 aromatic carbocycles. The Balaban J connectivity index is 2.16. The van der Waals surface area contributed by atoms with E-state index in [1.165, 1.54) is 11.0 Å². The van der Waals surface area contributed by atoms with Crippen LogP contribution in [0.25, 0.3) is 0 Å². The quantitative estimate of drug-likeness (QED) is 0.665. The lowest BCUT2D eigenvalue weighted by atomic mass is 10.1. The zero-order valence-electron chi connectivity index (χ0n) is 13.1. The number of carbonyl (C=O) groups is 2. The van der Waals surface area contributed by atoms with Gasteiger partial charge in [0.05, 0.1) is 5.69 Å². The maximum absolute atomic E-state index is 13.6. The van der Waals surface area contributed by atoms with Crippen LogP contribution < -0.4 is 4.90 Å². The Morgan fingerprint density at radius 2 is 1.55 bits per heavy atom. The molecule has 0 radical (unpaired) electrons. The lowest BCUT2D eigenvalue weighted by Crippen LogP contribution is -2.26. The molecule has 0 fully saturated rings. The number of carboxylic acids is 1. The van der Waals surface area contributed by atoms with Crippen molar-refractivity contribution in [2.75, 3.05) is 11.9 Å². The summed E-state index contributed by atoms with van der Waals surface area (Å²) in [5, 5.41) is 8.51. The molecule has 0 bridgehead atoms. The number of benzene rings is 1.